The van der Waals surface area contributed by atoms with Crippen LogP contribution in [0.1, 0.15) is 79.2 Å². The van der Waals surface area contributed by atoms with Gasteiger partial charge < -0.3 is 18.0 Å². The predicted octanol–water partition coefficient (Wildman–Crippen LogP) is 10.3. The molecular formula is C36H51ClN2O4Si2. The van der Waals surface area contributed by atoms with Crippen LogP contribution in [-0.4, -0.2) is 38.3 Å². The first-order valence-electron chi connectivity index (χ1n) is 15.4. The molecule has 0 aliphatic heterocycles. The number of halogens is 1. The average molecular weight is 667 g/mol. The van der Waals surface area contributed by atoms with Gasteiger partial charge in [-0.2, -0.15) is 0 Å². The predicted molar refractivity (Wildman–Crippen MR) is 196 cm³/mol. The first-order valence-corrected chi connectivity index (χ1v) is 21.6. The van der Waals surface area contributed by atoms with E-state index >= 15 is 0 Å². The van der Waals surface area contributed by atoms with Crippen molar-refractivity contribution in [2.75, 3.05) is 0 Å². The molecule has 0 N–H and O–H groups in total. The lowest BCUT2D eigenvalue weighted by atomic mass is 10.0. The van der Waals surface area contributed by atoms with Gasteiger partial charge in [0, 0.05) is 58.4 Å². The fourth-order valence-corrected chi connectivity index (χ4v) is 6.73. The Balaban J connectivity index is 0.000000246. The van der Waals surface area contributed by atoms with E-state index in [2.05, 4.69) is 89.5 Å². The van der Waals surface area contributed by atoms with Crippen LogP contribution in [0.25, 0.3) is 27.9 Å². The van der Waals surface area contributed by atoms with Crippen molar-refractivity contribution in [2.45, 2.75) is 91.0 Å². The molecule has 9 heteroatoms. The lowest BCUT2D eigenvalue weighted by Gasteiger charge is -2.36. The van der Waals surface area contributed by atoms with Crippen LogP contribution in [0, 0.1) is 0 Å². The summed E-state index contributed by atoms with van der Waals surface area (Å²) in [7, 11) is 0.463. The molecule has 0 unspecified atom stereocenters. The fraction of sp³-hybridized carbons (Fsp3) is 0.444. The van der Waals surface area contributed by atoms with Crippen LogP contribution >= 0.6 is 11.6 Å². The molecule has 4 aromatic rings. The Morgan fingerprint density at radius 3 is 1.53 bits per heavy atom. The van der Waals surface area contributed by atoms with E-state index in [4.69, 9.17) is 20.5 Å². The lowest BCUT2D eigenvalue weighted by Crippen LogP contribution is -2.40. The smallest absolute Gasteiger partial charge is 0.192 e. The SMILES string of the molecule is C=Cc1c(C=O)ccc2c1cc(CO[Si](C)(C)C(C)(C)C)n2C.Cn1c(CO[Si](C)(C)C(C)(C)C)cc2c(Cl)c(C=O)ccc21. The summed E-state index contributed by atoms with van der Waals surface area (Å²) in [5.41, 5.74) is 6.41. The second-order valence-corrected chi connectivity index (χ2v) is 24.8. The van der Waals surface area contributed by atoms with Crippen LogP contribution < -0.4 is 0 Å². The summed E-state index contributed by atoms with van der Waals surface area (Å²) in [6.45, 7) is 27.4. The first-order chi connectivity index (χ1) is 20.7. The van der Waals surface area contributed by atoms with Gasteiger partial charge in [0.2, 0.25) is 0 Å². The monoisotopic (exact) mass is 666 g/mol. The Kier molecular flexibility index (Phi) is 11.0. The average Bonchev–Trinajstić information content (AvgIpc) is 3.45. The van der Waals surface area contributed by atoms with Gasteiger partial charge in [0.25, 0.3) is 0 Å². The number of aryl methyl sites for hydroxylation is 2. The standard InChI is InChI=1S/C19H27NO2Si.C17H24ClNO2Si/c1-8-16-14(12-21)9-10-18-17(16)11-15(20(18)5)13-22-23(6,7)19(2,3)4;1-17(2,3)22(5,6)21-11-13-9-14-15(19(13)4)8-7-12(10-20)16(14)18/h8-12H,1,13H2,2-7H3;7-10H,11H2,1-6H3. The molecule has 6 nitrogen and oxygen atoms in total. The summed E-state index contributed by atoms with van der Waals surface area (Å²) < 4.78 is 16.9. The van der Waals surface area contributed by atoms with Crippen molar-refractivity contribution in [2.24, 2.45) is 14.1 Å². The number of hydrogen-bond acceptors (Lipinski definition) is 4. The molecule has 0 bridgehead atoms. The lowest BCUT2D eigenvalue weighted by molar-refractivity contribution is 0.111. The van der Waals surface area contributed by atoms with E-state index in [9.17, 15) is 9.59 Å². The topological polar surface area (TPSA) is 62.5 Å². The van der Waals surface area contributed by atoms with Gasteiger partial charge in [-0.3, -0.25) is 9.59 Å². The van der Waals surface area contributed by atoms with Gasteiger partial charge in [0.05, 0.1) is 18.2 Å². The molecule has 0 radical (unpaired) electrons. The molecule has 0 aliphatic carbocycles. The van der Waals surface area contributed by atoms with E-state index in [1.807, 2.05) is 38.4 Å². The number of aromatic nitrogens is 2. The van der Waals surface area contributed by atoms with Crippen LogP contribution in [0.4, 0.5) is 0 Å². The minimum atomic E-state index is -1.79. The van der Waals surface area contributed by atoms with Gasteiger partial charge in [-0.05, 0) is 78.2 Å². The van der Waals surface area contributed by atoms with E-state index in [-0.39, 0.29) is 10.1 Å². The molecule has 0 atom stereocenters. The second kappa shape index (κ2) is 13.5. The van der Waals surface area contributed by atoms with Gasteiger partial charge in [-0.1, -0.05) is 65.8 Å². The summed E-state index contributed by atoms with van der Waals surface area (Å²) in [6, 6.07) is 11.7. The molecule has 4 rings (SSSR count). The zero-order valence-corrected chi connectivity index (χ0v) is 32.0. The number of carbonyl (C=O) groups is 2. The van der Waals surface area contributed by atoms with E-state index in [1.54, 1.807) is 12.1 Å². The van der Waals surface area contributed by atoms with Crippen LogP contribution in [0.15, 0.2) is 43.0 Å². The van der Waals surface area contributed by atoms with Crippen molar-refractivity contribution in [1.82, 2.24) is 9.13 Å². The van der Waals surface area contributed by atoms with Crippen LogP contribution in [-0.2, 0) is 36.2 Å². The van der Waals surface area contributed by atoms with E-state index < -0.39 is 16.6 Å². The molecule has 0 amide bonds. The van der Waals surface area contributed by atoms with E-state index in [0.29, 0.717) is 29.4 Å². The van der Waals surface area contributed by atoms with Gasteiger partial charge in [0.1, 0.15) is 0 Å². The van der Waals surface area contributed by atoms with Gasteiger partial charge in [0.15, 0.2) is 29.2 Å². The highest BCUT2D eigenvalue weighted by atomic mass is 35.5. The Morgan fingerprint density at radius 2 is 1.13 bits per heavy atom. The third kappa shape index (κ3) is 7.63. The summed E-state index contributed by atoms with van der Waals surface area (Å²) in [6.07, 6.45) is 3.43. The maximum absolute atomic E-state index is 11.2. The minimum absolute atomic E-state index is 0.180. The summed E-state index contributed by atoms with van der Waals surface area (Å²) in [5, 5.41) is 2.85. The zero-order chi connectivity index (χ0) is 34.1. The Hall–Kier alpha value is -2.76. The molecule has 0 aliphatic rings. The van der Waals surface area contributed by atoms with Crippen LogP contribution in [0.3, 0.4) is 0 Å². The Labute approximate surface area is 276 Å². The second-order valence-electron chi connectivity index (χ2n) is 14.8. The highest BCUT2D eigenvalue weighted by Gasteiger charge is 2.38. The molecule has 45 heavy (non-hydrogen) atoms. The molecule has 244 valence electrons. The van der Waals surface area contributed by atoms with Crippen molar-refractivity contribution in [3.8, 4) is 0 Å². The van der Waals surface area contributed by atoms with E-state index in [0.717, 1.165) is 51.3 Å². The number of aldehydes is 2. The molecule has 0 saturated carbocycles. The number of hydrogen-bond donors (Lipinski definition) is 0. The number of carbonyl (C=O) groups excluding carboxylic acids is 2. The van der Waals surface area contributed by atoms with Crippen molar-refractivity contribution >= 4 is 68.7 Å². The number of benzene rings is 2. The Bertz CT molecular complexity index is 1720. The maximum Gasteiger partial charge on any atom is 0.192 e. The Morgan fingerprint density at radius 1 is 0.733 bits per heavy atom. The number of rotatable bonds is 9. The maximum atomic E-state index is 11.2. The van der Waals surface area contributed by atoms with Gasteiger partial charge in [-0.15, -0.1) is 0 Å². The highest BCUT2D eigenvalue weighted by molar-refractivity contribution is 6.74. The summed E-state index contributed by atoms with van der Waals surface area (Å²) in [4.78, 5) is 22.2. The first kappa shape index (κ1) is 36.7. The van der Waals surface area contributed by atoms with Crippen LogP contribution in [0.2, 0.25) is 41.3 Å². The third-order valence-electron chi connectivity index (χ3n) is 9.92. The molecule has 2 aromatic heterocycles. The van der Waals surface area contributed by atoms with Crippen molar-refractivity contribution in [1.29, 1.82) is 0 Å². The highest BCUT2D eigenvalue weighted by Crippen LogP contribution is 2.39. The minimum Gasteiger partial charge on any atom is -0.411 e. The van der Waals surface area contributed by atoms with Crippen molar-refractivity contribution in [3.63, 3.8) is 0 Å². The quantitative estimate of drug-likeness (QED) is 0.132. The number of nitrogens with zero attached hydrogens (tertiary/aromatic N) is 2. The zero-order valence-electron chi connectivity index (χ0n) is 29.2. The molecule has 0 fully saturated rings. The van der Waals surface area contributed by atoms with E-state index in [1.165, 1.54) is 0 Å². The fourth-order valence-electron chi connectivity index (χ4n) is 4.59. The van der Waals surface area contributed by atoms with Crippen molar-refractivity contribution < 1.29 is 18.4 Å². The molecule has 2 aromatic carbocycles. The van der Waals surface area contributed by atoms with Gasteiger partial charge in [-0.25, -0.2) is 0 Å². The number of fused-ring (bicyclic) bond motifs is 2. The van der Waals surface area contributed by atoms with Crippen molar-refractivity contribution in [3.05, 3.63) is 76.1 Å². The summed E-state index contributed by atoms with van der Waals surface area (Å²) in [5.74, 6) is 0. The van der Waals surface area contributed by atoms with Gasteiger partial charge >= 0.3 is 0 Å². The van der Waals surface area contributed by atoms with Crippen LogP contribution in [0.5, 0.6) is 0 Å². The third-order valence-corrected chi connectivity index (χ3v) is 19.3. The molecule has 0 saturated heterocycles. The molecular weight excluding hydrogens is 616 g/mol. The molecule has 2 heterocycles. The molecule has 0 spiro atoms. The summed E-state index contributed by atoms with van der Waals surface area (Å²) >= 11 is 6.31. The normalized spacial score (nSPS) is 12.7. The largest absolute Gasteiger partial charge is 0.411 e.